The summed E-state index contributed by atoms with van der Waals surface area (Å²) in [5.41, 5.74) is 0.796. The van der Waals surface area contributed by atoms with Crippen LogP contribution < -0.4 is 9.64 Å². The largest absolute Gasteiger partial charge is 0.487 e. The van der Waals surface area contributed by atoms with Crippen LogP contribution in [-0.4, -0.2) is 36.3 Å². The first-order chi connectivity index (χ1) is 8.95. The molecule has 106 valence electrons. The molecule has 0 saturated carbocycles. The van der Waals surface area contributed by atoms with E-state index in [1.54, 1.807) is 26.0 Å². The van der Waals surface area contributed by atoms with Crippen molar-refractivity contribution in [3.63, 3.8) is 0 Å². The van der Waals surface area contributed by atoms with Gasteiger partial charge in [0.2, 0.25) is 0 Å². The highest BCUT2D eigenvalue weighted by atomic mass is 16.6. The van der Waals surface area contributed by atoms with E-state index in [0.717, 1.165) is 5.69 Å². The maximum atomic E-state index is 10.9. The summed E-state index contributed by atoms with van der Waals surface area (Å²) in [4.78, 5) is 12.3. The van der Waals surface area contributed by atoms with Crippen LogP contribution in [0.15, 0.2) is 18.2 Å². The molecule has 6 heteroatoms. The van der Waals surface area contributed by atoms with E-state index < -0.39 is 4.92 Å². The van der Waals surface area contributed by atoms with Crippen molar-refractivity contribution >= 4 is 11.4 Å². The molecule has 0 fully saturated rings. The summed E-state index contributed by atoms with van der Waals surface area (Å²) >= 11 is 0. The van der Waals surface area contributed by atoms with E-state index in [2.05, 4.69) is 0 Å². The Hall–Kier alpha value is -1.82. The van der Waals surface area contributed by atoms with Gasteiger partial charge in [-0.15, -0.1) is 0 Å². The predicted molar refractivity (Wildman–Crippen MR) is 73.8 cm³/mol. The van der Waals surface area contributed by atoms with Crippen molar-refractivity contribution in [3.05, 3.63) is 28.3 Å². The summed E-state index contributed by atoms with van der Waals surface area (Å²) in [5, 5.41) is 20.1. The quantitative estimate of drug-likeness (QED) is 0.606. The van der Waals surface area contributed by atoms with E-state index >= 15 is 0 Å². The number of nitro benzene ring substituents is 1. The fourth-order valence-electron chi connectivity index (χ4n) is 1.67. The van der Waals surface area contributed by atoms with Crippen molar-refractivity contribution in [2.75, 3.05) is 25.1 Å². The van der Waals surface area contributed by atoms with Gasteiger partial charge in [-0.05, 0) is 26.3 Å². The Balaban J connectivity index is 2.91. The number of anilines is 1. The van der Waals surface area contributed by atoms with Crippen LogP contribution in [0.5, 0.6) is 5.75 Å². The number of aliphatic hydroxyl groups excluding tert-OH is 1. The van der Waals surface area contributed by atoms with Gasteiger partial charge in [-0.1, -0.05) is 0 Å². The third-order valence-corrected chi connectivity index (χ3v) is 2.76. The maximum Gasteiger partial charge on any atom is 0.311 e. The molecule has 0 heterocycles. The fraction of sp³-hybridized carbons (Fsp3) is 0.538. The Bertz CT molecular complexity index is 435. The molecular weight excluding hydrogens is 248 g/mol. The highest BCUT2D eigenvalue weighted by Gasteiger charge is 2.16. The van der Waals surface area contributed by atoms with Gasteiger partial charge in [0.25, 0.3) is 0 Å². The highest BCUT2D eigenvalue weighted by molar-refractivity contribution is 5.59. The number of aliphatic hydroxyl groups is 1. The Morgan fingerprint density at radius 3 is 2.74 bits per heavy atom. The van der Waals surface area contributed by atoms with Gasteiger partial charge in [-0.2, -0.15) is 0 Å². The van der Waals surface area contributed by atoms with Crippen LogP contribution in [0.2, 0.25) is 0 Å². The van der Waals surface area contributed by atoms with E-state index in [9.17, 15) is 15.2 Å². The molecule has 0 amide bonds. The first kappa shape index (κ1) is 15.2. The molecule has 0 spiro atoms. The zero-order chi connectivity index (χ0) is 14.4. The molecule has 0 bridgehead atoms. The third-order valence-electron chi connectivity index (χ3n) is 2.76. The van der Waals surface area contributed by atoms with Crippen molar-refractivity contribution < 1.29 is 14.8 Å². The number of nitrogens with zero attached hydrogens (tertiary/aromatic N) is 2. The molecule has 1 aromatic carbocycles. The fourth-order valence-corrected chi connectivity index (χ4v) is 1.67. The van der Waals surface area contributed by atoms with Gasteiger partial charge >= 0.3 is 5.69 Å². The Kier molecular flexibility index (Phi) is 5.57. The van der Waals surface area contributed by atoms with E-state index in [4.69, 9.17) is 4.74 Å². The van der Waals surface area contributed by atoms with Gasteiger partial charge in [0.15, 0.2) is 5.75 Å². The Morgan fingerprint density at radius 1 is 1.53 bits per heavy atom. The zero-order valence-electron chi connectivity index (χ0n) is 11.5. The monoisotopic (exact) mass is 268 g/mol. The molecule has 6 nitrogen and oxygen atoms in total. The summed E-state index contributed by atoms with van der Waals surface area (Å²) in [6.45, 7) is 4.56. The van der Waals surface area contributed by atoms with Crippen molar-refractivity contribution in [1.82, 2.24) is 0 Å². The van der Waals surface area contributed by atoms with Gasteiger partial charge in [0.1, 0.15) is 0 Å². The average molecular weight is 268 g/mol. The van der Waals surface area contributed by atoms with E-state index in [1.807, 2.05) is 11.9 Å². The number of hydrogen-bond acceptors (Lipinski definition) is 5. The van der Waals surface area contributed by atoms with Crippen LogP contribution in [0.25, 0.3) is 0 Å². The first-order valence-electron chi connectivity index (χ1n) is 6.26. The zero-order valence-corrected chi connectivity index (χ0v) is 11.5. The lowest BCUT2D eigenvalue weighted by molar-refractivity contribution is -0.385. The van der Waals surface area contributed by atoms with Crippen molar-refractivity contribution in [2.45, 2.75) is 26.4 Å². The minimum Gasteiger partial charge on any atom is -0.487 e. The van der Waals surface area contributed by atoms with Crippen LogP contribution in [-0.2, 0) is 0 Å². The molecule has 0 aliphatic rings. The SMILES string of the molecule is CCOc1cc(N(C)CCC(C)O)ccc1[N+](=O)[O-]. The van der Waals surface area contributed by atoms with Gasteiger partial charge in [0, 0.05) is 31.4 Å². The van der Waals surface area contributed by atoms with E-state index in [0.29, 0.717) is 19.6 Å². The molecule has 19 heavy (non-hydrogen) atoms. The first-order valence-corrected chi connectivity index (χ1v) is 6.26. The average Bonchev–Trinajstić information content (AvgIpc) is 2.35. The smallest absolute Gasteiger partial charge is 0.311 e. The number of benzene rings is 1. The van der Waals surface area contributed by atoms with Gasteiger partial charge < -0.3 is 14.7 Å². The predicted octanol–water partition coefficient (Wildman–Crippen LogP) is 2.20. The summed E-state index contributed by atoms with van der Waals surface area (Å²) in [6.07, 6.45) is 0.268. The summed E-state index contributed by atoms with van der Waals surface area (Å²) in [7, 11) is 1.87. The Labute approximate surface area is 112 Å². The lowest BCUT2D eigenvalue weighted by atomic mass is 10.2. The number of hydrogen-bond donors (Lipinski definition) is 1. The molecule has 1 atom stereocenters. The van der Waals surface area contributed by atoms with Crippen LogP contribution >= 0.6 is 0 Å². The second kappa shape index (κ2) is 6.94. The van der Waals surface area contributed by atoms with Gasteiger partial charge in [0.05, 0.1) is 17.6 Å². The molecule has 0 aromatic heterocycles. The second-order valence-electron chi connectivity index (χ2n) is 4.40. The van der Waals surface area contributed by atoms with Gasteiger partial charge in [-0.25, -0.2) is 0 Å². The summed E-state index contributed by atoms with van der Waals surface area (Å²) in [5.74, 6) is 0.272. The number of rotatable bonds is 7. The minimum atomic E-state index is -0.454. The molecule has 0 aliphatic heterocycles. The van der Waals surface area contributed by atoms with Crippen LogP contribution in [0.3, 0.4) is 0 Å². The van der Waals surface area contributed by atoms with Crippen molar-refractivity contribution in [1.29, 1.82) is 0 Å². The maximum absolute atomic E-state index is 10.9. The minimum absolute atomic E-state index is 0.0328. The van der Waals surface area contributed by atoms with Gasteiger partial charge in [-0.3, -0.25) is 10.1 Å². The topological polar surface area (TPSA) is 75.8 Å². The van der Waals surface area contributed by atoms with E-state index in [1.165, 1.54) is 6.07 Å². The molecule has 0 saturated heterocycles. The molecule has 1 N–H and O–H groups in total. The molecule has 0 aliphatic carbocycles. The standard InChI is InChI=1S/C13H20N2O4/c1-4-19-13-9-11(5-6-12(13)15(17)18)14(3)8-7-10(2)16/h5-6,9-10,16H,4,7-8H2,1-3H3. The normalized spacial score (nSPS) is 12.0. The molecule has 1 aromatic rings. The number of nitro groups is 1. The second-order valence-corrected chi connectivity index (χ2v) is 4.40. The van der Waals surface area contributed by atoms with Crippen molar-refractivity contribution in [3.8, 4) is 5.75 Å². The molecule has 0 radical (unpaired) electrons. The summed E-state index contributed by atoms with van der Waals surface area (Å²) in [6, 6.07) is 4.78. The highest BCUT2D eigenvalue weighted by Crippen LogP contribution is 2.31. The third kappa shape index (κ3) is 4.40. The molecule has 1 unspecified atom stereocenters. The van der Waals surface area contributed by atoms with E-state index in [-0.39, 0.29) is 17.5 Å². The summed E-state index contributed by atoms with van der Waals surface area (Å²) < 4.78 is 5.30. The van der Waals surface area contributed by atoms with Crippen LogP contribution in [0.4, 0.5) is 11.4 Å². The van der Waals surface area contributed by atoms with Crippen LogP contribution in [0.1, 0.15) is 20.3 Å². The Morgan fingerprint density at radius 2 is 2.21 bits per heavy atom. The molecule has 1 rings (SSSR count). The van der Waals surface area contributed by atoms with Crippen LogP contribution in [0, 0.1) is 10.1 Å². The lowest BCUT2D eigenvalue weighted by Crippen LogP contribution is -2.21. The van der Waals surface area contributed by atoms with Crippen molar-refractivity contribution in [2.24, 2.45) is 0 Å². The lowest BCUT2D eigenvalue weighted by Gasteiger charge is -2.20. The number of ether oxygens (including phenoxy) is 1. The molecular formula is C13H20N2O4.